The Balaban J connectivity index is 1.67. The van der Waals surface area contributed by atoms with Gasteiger partial charge >= 0.3 is 0 Å². The van der Waals surface area contributed by atoms with Crippen molar-refractivity contribution in [1.29, 1.82) is 0 Å². The Morgan fingerprint density at radius 3 is 0.700 bits per heavy atom. The summed E-state index contributed by atoms with van der Waals surface area (Å²) >= 11 is 0. The average Bonchev–Trinajstić information content (AvgIpc) is 3.17. The van der Waals surface area contributed by atoms with Gasteiger partial charge in [-0.3, -0.25) is 0 Å². The smallest absolute Gasteiger partial charge is 0.210 e. The molecule has 4 heteroatoms. The molecular weight excluding hydrogens is 617 g/mol. The molecular formula is C46H46O4. The summed E-state index contributed by atoms with van der Waals surface area (Å²) in [6.07, 6.45) is 12.6. The van der Waals surface area contributed by atoms with Gasteiger partial charge in [0.15, 0.2) is 0 Å². The van der Waals surface area contributed by atoms with Gasteiger partial charge in [-0.1, -0.05) is 150 Å². The second-order valence-electron chi connectivity index (χ2n) is 11.5. The van der Waals surface area contributed by atoms with Gasteiger partial charge in [-0.15, -0.1) is 0 Å². The first-order valence-electron chi connectivity index (χ1n) is 16.4. The summed E-state index contributed by atoms with van der Waals surface area (Å²) < 4.78 is 26.0. The topological polar surface area (TPSA) is 36.9 Å². The third-order valence-electron chi connectivity index (χ3n) is 8.24. The molecule has 4 aromatic carbocycles. The third kappa shape index (κ3) is 9.85. The van der Waals surface area contributed by atoms with E-state index in [1.54, 1.807) is 48.6 Å². The van der Waals surface area contributed by atoms with Crippen molar-refractivity contribution in [3.8, 4) is 0 Å². The molecule has 0 saturated carbocycles. The van der Waals surface area contributed by atoms with E-state index in [9.17, 15) is 0 Å². The van der Waals surface area contributed by atoms with Crippen LogP contribution in [0.5, 0.6) is 0 Å². The van der Waals surface area contributed by atoms with Gasteiger partial charge in [-0.2, -0.15) is 0 Å². The molecule has 0 radical (unpaired) electrons. The normalized spacial score (nSPS) is 10.8. The fraction of sp³-hybridized carbons (Fsp3) is 0.130. The second kappa shape index (κ2) is 19.0. The highest BCUT2D eigenvalue weighted by Gasteiger charge is 2.26. The maximum Gasteiger partial charge on any atom is 0.210 e. The molecule has 0 N–H and O–H groups in total. The Hall–Kier alpha value is -5.36. The van der Waals surface area contributed by atoms with Gasteiger partial charge in [0.2, 0.25) is 12.6 Å². The van der Waals surface area contributed by atoms with Gasteiger partial charge in [0, 0.05) is 0 Å². The minimum absolute atomic E-state index is 0.239. The summed E-state index contributed by atoms with van der Waals surface area (Å²) in [5.74, 6) is 0. The zero-order valence-electron chi connectivity index (χ0n) is 28.8. The summed E-state index contributed by atoms with van der Waals surface area (Å²) in [5, 5.41) is 0. The van der Waals surface area contributed by atoms with Crippen molar-refractivity contribution in [2.45, 2.75) is 39.0 Å². The zero-order chi connectivity index (χ0) is 35.9. The maximum atomic E-state index is 6.50. The van der Waals surface area contributed by atoms with Gasteiger partial charge in [0.1, 0.15) is 0 Å². The molecule has 0 spiro atoms. The molecule has 0 aliphatic rings. The molecule has 0 aromatic heterocycles. The fourth-order valence-electron chi connectivity index (χ4n) is 5.43. The molecule has 254 valence electrons. The summed E-state index contributed by atoms with van der Waals surface area (Å²) in [6, 6.07) is 24.1. The summed E-state index contributed by atoms with van der Waals surface area (Å²) in [5.41, 5.74) is 11.6. The predicted octanol–water partition coefficient (Wildman–Crippen LogP) is 11.6. The number of ether oxygens (including phenoxy) is 4. The Morgan fingerprint density at radius 2 is 0.520 bits per heavy atom. The van der Waals surface area contributed by atoms with Crippen LogP contribution in [0, 0.1) is 0 Å². The van der Waals surface area contributed by atoms with Crippen molar-refractivity contribution in [2.75, 3.05) is 0 Å². The van der Waals surface area contributed by atoms with Crippen LogP contribution in [0.1, 0.15) is 66.8 Å². The van der Waals surface area contributed by atoms with Crippen molar-refractivity contribution in [3.05, 3.63) is 192 Å². The van der Waals surface area contributed by atoms with Crippen LogP contribution in [0.25, 0.3) is 48.6 Å². The lowest BCUT2D eigenvalue weighted by Gasteiger charge is -2.28. The van der Waals surface area contributed by atoms with E-state index >= 15 is 0 Å². The van der Waals surface area contributed by atoms with E-state index < -0.39 is 12.6 Å². The molecule has 50 heavy (non-hydrogen) atoms. The van der Waals surface area contributed by atoms with Gasteiger partial charge in [-0.05, 0) is 91.0 Å². The van der Waals surface area contributed by atoms with Crippen molar-refractivity contribution in [3.63, 3.8) is 0 Å². The summed E-state index contributed by atoms with van der Waals surface area (Å²) in [7, 11) is 0. The first-order valence-corrected chi connectivity index (χ1v) is 16.4. The lowest BCUT2D eigenvalue weighted by molar-refractivity contribution is -0.299. The van der Waals surface area contributed by atoms with Crippen molar-refractivity contribution >= 4 is 48.6 Å². The Morgan fingerprint density at radius 1 is 0.320 bits per heavy atom. The van der Waals surface area contributed by atoms with Crippen molar-refractivity contribution < 1.29 is 18.9 Å². The van der Waals surface area contributed by atoms with Crippen LogP contribution in [-0.4, -0.2) is 12.6 Å². The molecule has 4 nitrogen and oxygen atoms in total. The van der Waals surface area contributed by atoms with Gasteiger partial charge in [0.05, 0.1) is 26.4 Å². The molecule has 0 unspecified atom stereocenters. The molecule has 0 heterocycles. The van der Waals surface area contributed by atoms with E-state index in [-0.39, 0.29) is 26.4 Å². The van der Waals surface area contributed by atoms with Crippen LogP contribution >= 0.6 is 0 Å². The van der Waals surface area contributed by atoms with E-state index in [1.165, 1.54) is 0 Å². The highest BCUT2D eigenvalue weighted by atomic mass is 16.8. The molecule has 0 fully saturated rings. The maximum absolute atomic E-state index is 6.50. The molecule has 0 aliphatic heterocycles. The SMILES string of the molecule is C=Cc1ccc(COC(OCc2ccc(C=C)c(C=C)c2)C(OCc2ccc(C=C)c(C=C)c2)OCc2ccc(C=C)c(C=C)c2)cc1C=C. The highest BCUT2D eigenvalue weighted by molar-refractivity contribution is 5.66. The molecule has 0 amide bonds. The minimum atomic E-state index is -0.912. The average molecular weight is 663 g/mol. The van der Waals surface area contributed by atoms with Gasteiger partial charge < -0.3 is 18.9 Å². The van der Waals surface area contributed by atoms with Crippen LogP contribution in [0.4, 0.5) is 0 Å². The number of rotatable bonds is 21. The first kappa shape index (κ1) is 37.5. The molecule has 4 rings (SSSR count). The van der Waals surface area contributed by atoms with Crippen LogP contribution in [-0.2, 0) is 45.4 Å². The van der Waals surface area contributed by atoms with Crippen molar-refractivity contribution in [2.24, 2.45) is 0 Å². The molecule has 0 aliphatic carbocycles. The Bertz CT molecular complexity index is 1610. The first-order chi connectivity index (χ1) is 24.4. The fourth-order valence-corrected chi connectivity index (χ4v) is 5.43. The summed E-state index contributed by atoms with van der Waals surface area (Å²) in [4.78, 5) is 0. The Labute approximate surface area is 298 Å². The monoisotopic (exact) mass is 662 g/mol. The van der Waals surface area contributed by atoms with E-state index in [0.29, 0.717) is 0 Å². The number of hydrogen-bond acceptors (Lipinski definition) is 4. The Kier molecular flexibility index (Phi) is 14.2. The molecule has 4 aromatic rings. The second-order valence-corrected chi connectivity index (χ2v) is 11.5. The molecule has 0 bridgehead atoms. The molecule has 0 saturated heterocycles. The highest BCUT2D eigenvalue weighted by Crippen LogP contribution is 2.24. The number of hydrogen-bond donors (Lipinski definition) is 0. The predicted molar refractivity (Wildman–Crippen MR) is 213 cm³/mol. The lowest BCUT2D eigenvalue weighted by Crippen LogP contribution is -2.36. The van der Waals surface area contributed by atoms with E-state index in [2.05, 4.69) is 52.6 Å². The van der Waals surface area contributed by atoms with Crippen molar-refractivity contribution in [1.82, 2.24) is 0 Å². The van der Waals surface area contributed by atoms with E-state index in [1.807, 2.05) is 72.8 Å². The van der Waals surface area contributed by atoms with Crippen LogP contribution in [0.2, 0.25) is 0 Å². The zero-order valence-corrected chi connectivity index (χ0v) is 28.8. The van der Waals surface area contributed by atoms with Crippen LogP contribution in [0.3, 0.4) is 0 Å². The lowest BCUT2D eigenvalue weighted by atomic mass is 10.0. The van der Waals surface area contributed by atoms with Gasteiger partial charge in [-0.25, -0.2) is 0 Å². The van der Waals surface area contributed by atoms with Gasteiger partial charge in [0.25, 0.3) is 0 Å². The summed E-state index contributed by atoms with van der Waals surface area (Å²) in [6.45, 7) is 32.4. The van der Waals surface area contributed by atoms with E-state index in [4.69, 9.17) is 18.9 Å². The van der Waals surface area contributed by atoms with E-state index in [0.717, 1.165) is 66.8 Å². The van der Waals surface area contributed by atoms with Crippen LogP contribution < -0.4 is 0 Å². The third-order valence-corrected chi connectivity index (χ3v) is 8.24. The minimum Gasteiger partial charge on any atom is -0.343 e. The molecule has 0 atom stereocenters. The largest absolute Gasteiger partial charge is 0.343 e. The van der Waals surface area contributed by atoms with Crippen LogP contribution in [0.15, 0.2) is 125 Å². The standard InChI is InChI=1S/C46H46O4/c1-9-37-21-17-33(25-41(37)13-5)29-47-45(48-30-34-18-22-38(10-2)42(14-6)26-34)46(49-31-35-19-23-39(11-3)43(15-7)27-35)50-32-36-20-24-40(12-4)44(16-8)28-36/h9-28,45-46H,1-8,29-32H2. The quantitative estimate of drug-likeness (QED) is 0.0832. The number of benzene rings is 4.